The van der Waals surface area contributed by atoms with Crippen LogP contribution in [0.3, 0.4) is 0 Å². The highest BCUT2D eigenvalue weighted by atomic mass is 35.5. The molecule has 0 saturated carbocycles. The molecule has 158 valence electrons. The van der Waals surface area contributed by atoms with E-state index in [9.17, 15) is 4.79 Å². The van der Waals surface area contributed by atoms with Crippen LogP contribution in [0.15, 0.2) is 41.6 Å². The van der Waals surface area contributed by atoms with Crippen LogP contribution in [0.2, 0.25) is 5.15 Å². The minimum absolute atomic E-state index is 0.0169. The summed E-state index contributed by atoms with van der Waals surface area (Å²) >= 11 is 5.89. The fraction of sp³-hybridized carbons (Fsp3) is 0.429. The van der Waals surface area contributed by atoms with Gasteiger partial charge in [0.25, 0.3) is 5.56 Å². The van der Waals surface area contributed by atoms with Gasteiger partial charge in [0.05, 0.1) is 36.2 Å². The number of nitrogens with zero attached hydrogens (tertiary/aromatic N) is 5. The Hall–Kier alpha value is -2.55. The highest BCUT2D eigenvalue weighted by molar-refractivity contribution is 6.29. The van der Waals surface area contributed by atoms with Crippen molar-refractivity contribution in [2.45, 2.75) is 32.0 Å². The molecule has 0 aromatic carbocycles. The summed E-state index contributed by atoms with van der Waals surface area (Å²) in [7, 11) is 1.60. The maximum atomic E-state index is 12.4. The molecule has 3 aromatic rings. The lowest BCUT2D eigenvalue weighted by atomic mass is 10.0. The Bertz CT molecular complexity index is 1060. The van der Waals surface area contributed by atoms with Gasteiger partial charge in [0, 0.05) is 44.0 Å². The number of likely N-dealkylation sites (tertiary alicyclic amines) is 1. The monoisotopic (exact) mass is 428 g/mol. The van der Waals surface area contributed by atoms with Crippen molar-refractivity contribution in [3.8, 4) is 5.75 Å². The molecule has 0 spiro atoms. The minimum Gasteiger partial charge on any atom is -0.495 e. The second kappa shape index (κ2) is 9.51. The first-order valence-electron chi connectivity index (χ1n) is 10.1. The van der Waals surface area contributed by atoms with Crippen molar-refractivity contribution >= 4 is 22.6 Å². The Balaban J connectivity index is 1.32. The van der Waals surface area contributed by atoms with Gasteiger partial charge in [-0.15, -0.1) is 0 Å². The minimum atomic E-state index is -0.0169. The number of nitrogens with one attached hydrogen (secondary N) is 1. The van der Waals surface area contributed by atoms with E-state index in [1.165, 1.54) is 6.20 Å². The number of hydrogen-bond donors (Lipinski definition) is 1. The first-order chi connectivity index (χ1) is 14.6. The summed E-state index contributed by atoms with van der Waals surface area (Å²) in [5, 5.41) is 3.96. The molecule has 4 heterocycles. The molecule has 3 aromatic heterocycles. The molecular weight excluding hydrogens is 404 g/mol. The molecule has 0 atom stereocenters. The third-order valence-electron chi connectivity index (χ3n) is 5.50. The van der Waals surface area contributed by atoms with Crippen LogP contribution in [0.25, 0.3) is 11.0 Å². The van der Waals surface area contributed by atoms with Crippen molar-refractivity contribution in [1.82, 2.24) is 29.7 Å². The van der Waals surface area contributed by atoms with Crippen LogP contribution in [0.1, 0.15) is 18.5 Å². The number of hydrogen-bond acceptors (Lipinski definition) is 7. The van der Waals surface area contributed by atoms with Crippen molar-refractivity contribution in [2.75, 3.05) is 26.7 Å². The number of methoxy groups -OCH3 is 1. The highest BCUT2D eigenvalue weighted by Crippen LogP contribution is 2.17. The van der Waals surface area contributed by atoms with Crippen LogP contribution in [0.4, 0.5) is 0 Å². The van der Waals surface area contributed by atoms with Gasteiger partial charge in [-0.3, -0.25) is 14.8 Å². The third-order valence-corrected chi connectivity index (χ3v) is 5.69. The predicted octanol–water partition coefficient (Wildman–Crippen LogP) is 2.10. The Labute approximate surface area is 179 Å². The largest absolute Gasteiger partial charge is 0.495 e. The van der Waals surface area contributed by atoms with Crippen LogP contribution >= 0.6 is 11.6 Å². The van der Waals surface area contributed by atoms with Gasteiger partial charge in [0.2, 0.25) is 0 Å². The van der Waals surface area contributed by atoms with Crippen molar-refractivity contribution in [2.24, 2.45) is 0 Å². The summed E-state index contributed by atoms with van der Waals surface area (Å²) < 4.78 is 7.06. The van der Waals surface area contributed by atoms with Crippen molar-refractivity contribution in [1.29, 1.82) is 0 Å². The summed E-state index contributed by atoms with van der Waals surface area (Å²) in [6.07, 6.45) is 7.04. The van der Waals surface area contributed by atoms with Gasteiger partial charge in [-0.25, -0.2) is 4.98 Å². The molecule has 1 saturated heterocycles. The fourth-order valence-corrected chi connectivity index (χ4v) is 3.97. The average molecular weight is 429 g/mol. The fourth-order valence-electron chi connectivity index (χ4n) is 3.81. The number of rotatable bonds is 7. The van der Waals surface area contributed by atoms with Gasteiger partial charge in [0.15, 0.2) is 0 Å². The van der Waals surface area contributed by atoms with E-state index in [0.717, 1.165) is 49.2 Å². The molecule has 9 heteroatoms. The third kappa shape index (κ3) is 4.95. The van der Waals surface area contributed by atoms with Crippen molar-refractivity contribution in [3.63, 3.8) is 0 Å². The number of halogens is 1. The van der Waals surface area contributed by atoms with E-state index >= 15 is 0 Å². The van der Waals surface area contributed by atoms with Crippen LogP contribution in [-0.2, 0) is 13.1 Å². The standard InChI is InChI=1S/C21H25ClN6O2/c1-30-17-10-19-18(25-13-17)2-3-21(29)28(19)9-8-27-6-4-15(5-7-27)24-12-16-11-23-14-20(22)26-16/h2-3,10-11,13-15,24H,4-9,12H2,1H3. The first kappa shape index (κ1) is 20.7. The average Bonchev–Trinajstić information content (AvgIpc) is 2.77. The highest BCUT2D eigenvalue weighted by Gasteiger charge is 2.19. The SMILES string of the molecule is COc1cnc2ccc(=O)n(CCN3CCC(NCc4cncc(Cl)n4)CC3)c2c1. The molecule has 8 nitrogen and oxygen atoms in total. The Morgan fingerprint density at radius 2 is 2.03 bits per heavy atom. The summed E-state index contributed by atoms with van der Waals surface area (Å²) in [6, 6.07) is 5.65. The topological polar surface area (TPSA) is 85.2 Å². The predicted molar refractivity (Wildman–Crippen MR) is 116 cm³/mol. The molecule has 0 aliphatic carbocycles. The van der Waals surface area contributed by atoms with Gasteiger partial charge in [-0.2, -0.15) is 0 Å². The second-order valence-corrected chi connectivity index (χ2v) is 7.82. The molecule has 1 aliphatic heterocycles. The van der Waals surface area contributed by atoms with E-state index in [0.29, 0.717) is 30.0 Å². The van der Waals surface area contributed by atoms with E-state index in [2.05, 4.69) is 25.2 Å². The maximum Gasteiger partial charge on any atom is 0.251 e. The molecule has 1 fully saturated rings. The van der Waals surface area contributed by atoms with Crippen LogP contribution in [-0.4, -0.2) is 57.2 Å². The lowest BCUT2D eigenvalue weighted by molar-refractivity contribution is 0.191. The number of aromatic nitrogens is 4. The molecule has 1 aliphatic rings. The Morgan fingerprint density at radius 1 is 1.20 bits per heavy atom. The first-order valence-corrected chi connectivity index (χ1v) is 10.5. The van der Waals surface area contributed by atoms with Crippen molar-refractivity contribution < 1.29 is 4.74 Å². The Kier molecular flexibility index (Phi) is 6.56. The van der Waals surface area contributed by atoms with Gasteiger partial charge < -0.3 is 19.5 Å². The molecule has 0 unspecified atom stereocenters. The summed E-state index contributed by atoms with van der Waals surface area (Å²) in [4.78, 5) is 27.6. The normalized spacial score (nSPS) is 15.5. The van der Waals surface area contributed by atoms with E-state index in [1.54, 1.807) is 36.2 Å². The van der Waals surface area contributed by atoms with Crippen LogP contribution in [0, 0.1) is 0 Å². The number of ether oxygens (including phenoxy) is 1. The number of pyridine rings is 2. The summed E-state index contributed by atoms with van der Waals surface area (Å²) in [5.74, 6) is 0.651. The van der Waals surface area contributed by atoms with E-state index in [4.69, 9.17) is 16.3 Å². The molecule has 0 radical (unpaired) electrons. The van der Waals surface area contributed by atoms with E-state index in [-0.39, 0.29) is 5.56 Å². The molecule has 1 N–H and O–H groups in total. The number of piperidine rings is 1. The molecule has 4 rings (SSSR count). The van der Waals surface area contributed by atoms with Gasteiger partial charge in [0.1, 0.15) is 10.9 Å². The molecule has 30 heavy (non-hydrogen) atoms. The zero-order valence-corrected chi connectivity index (χ0v) is 17.7. The number of fused-ring (bicyclic) bond motifs is 1. The van der Waals surface area contributed by atoms with Crippen LogP contribution in [0.5, 0.6) is 5.75 Å². The smallest absolute Gasteiger partial charge is 0.251 e. The van der Waals surface area contributed by atoms with Crippen LogP contribution < -0.4 is 15.6 Å². The molecule has 0 amide bonds. The summed E-state index contributed by atoms with van der Waals surface area (Å²) in [6.45, 7) is 4.09. The summed E-state index contributed by atoms with van der Waals surface area (Å²) in [5.41, 5.74) is 2.43. The zero-order chi connectivity index (χ0) is 20.9. The van der Waals surface area contributed by atoms with E-state index in [1.807, 2.05) is 6.07 Å². The zero-order valence-electron chi connectivity index (χ0n) is 16.9. The lowest BCUT2D eigenvalue weighted by Crippen LogP contribution is -2.43. The van der Waals surface area contributed by atoms with Gasteiger partial charge >= 0.3 is 0 Å². The molecule has 0 bridgehead atoms. The quantitative estimate of drug-likeness (QED) is 0.616. The molecular formula is C21H25ClN6O2. The van der Waals surface area contributed by atoms with Gasteiger partial charge in [-0.1, -0.05) is 11.6 Å². The second-order valence-electron chi connectivity index (χ2n) is 7.43. The Morgan fingerprint density at radius 3 is 2.80 bits per heavy atom. The van der Waals surface area contributed by atoms with Gasteiger partial charge in [-0.05, 0) is 32.0 Å². The maximum absolute atomic E-state index is 12.4. The lowest BCUT2D eigenvalue weighted by Gasteiger charge is -2.32. The van der Waals surface area contributed by atoms with Crippen molar-refractivity contribution in [3.05, 3.63) is 58.0 Å². The van der Waals surface area contributed by atoms with E-state index < -0.39 is 0 Å².